The molecular formula is C12H18O4S. The Bertz CT molecular complexity index is 331. The fraction of sp³-hybridized carbons (Fsp3) is 0.667. The van der Waals surface area contributed by atoms with Crippen molar-refractivity contribution >= 4 is 23.7 Å². The van der Waals surface area contributed by atoms with Gasteiger partial charge in [0.2, 0.25) is 0 Å². The van der Waals surface area contributed by atoms with Gasteiger partial charge in [0.25, 0.3) is 0 Å². The third kappa shape index (κ3) is 4.81. The van der Waals surface area contributed by atoms with Crippen LogP contribution in [0.2, 0.25) is 0 Å². The Morgan fingerprint density at radius 2 is 2.12 bits per heavy atom. The van der Waals surface area contributed by atoms with Crippen LogP contribution in [0.4, 0.5) is 0 Å². The van der Waals surface area contributed by atoms with E-state index in [4.69, 9.17) is 5.11 Å². The van der Waals surface area contributed by atoms with E-state index >= 15 is 0 Å². The first-order valence-electron chi connectivity index (χ1n) is 5.54. The fourth-order valence-electron chi connectivity index (χ4n) is 1.47. The van der Waals surface area contributed by atoms with Crippen LogP contribution in [0.3, 0.4) is 0 Å². The van der Waals surface area contributed by atoms with Gasteiger partial charge in [0.15, 0.2) is 0 Å². The number of thioether (sulfide) groups is 1. The number of hydrogen-bond acceptors (Lipinski definition) is 4. The number of carboxylic acids is 1. The maximum Gasteiger partial charge on any atom is 0.330 e. The Labute approximate surface area is 105 Å². The van der Waals surface area contributed by atoms with E-state index < -0.39 is 5.97 Å². The summed E-state index contributed by atoms with van der Waals surface area (Å²) in [5.41, 5.74) is 0.484. The van der Waals surface area contributed by atoms with Crippen LogP contribution in [-0.4, -0.2) is 35.7 Å². The second-order valence-electron chi connectivity index (χ2n) is 4.46. The summed E-state index contributed by atoms with van der Waals surface area (Å²) in [7, 11) is 1.41. The van der Waals surface area contributed by atoms with E-state index in [0.717, 1.165) is 18.6 Å². The van der Waals surface area contributed by atoms with Crippen molar-refractivity contribution < 1.29 is 19.4 Å². The van der Waals surface area contributed by atoms with Crippen LogP contribution < -0.4 is 0 Å². The highest BCUT2D eigenvalue weighted by Gasteiger charge is 2.44. The van der Waals surface area contributed by atoms with Crippen LogP contribution in [0.1, 0.15) is 26.2 Å². The maximum absolute atomic E-state index is 11.2. The zero-order valence-corrected chi connectivity index (χ0v) is 11.0. The van der Waals surface area contributed by atoms with Gasteiger partial charge >= 0.3 is 11.9 Å². The van der Waals surface area contributed by atoms with Gasteiger partial charge in [-0.25, -0.2) is 4.79 Å². The van der Waals surface area contributed by atoms with Gasteiger partial charge < -0.3 is 9.84 Å². The van der Waals surface area contributed by atoms with Crippen molar-refractivity contribution in [2.75, 3.05) is 18.6 Å². The van der Waals surface area contributed by atoms with Crippen molar-refractivity contribution in [3.05, 3.63) is 11.6 Å². The van der Waals surface area contributed by atoms with Gasteiger partial charge in [-0.1, -0.05) is 6.08 Å². The average molecular weight is 258 g/mol. The summed E-state index contributed by atoms with van der Waals surface area (Å²) >= 11 is 1.67. The van der Waals surface area contributed by atoms with Crippen LogP contribution in [0.5, 0.6) is 0 Å². The smallest absolute Gasteiger partial charge is 0.330 e. The summed E-state index contributed by atoms with van der Waals surface area (Å²) in [5, 5.41) is 8.67. The van der Waals surface area contributed by atoms with Crippen LogP contribution in [0.15, 0.2) is 11.6 Å². The lowest BCUT2D eigenvalue weighted by Gasteiger charge is -2.12. The number of rotatable bonds is 7. The minimum Gasteiger partial charge on any atom is -0.478 e. The highest BCUT2D eigenvalue weighted by Crippen LogP contribution is 2.51. The molecule has 1 aliphatic carbocycles. The molecule has 0 aromatic heterocycles. The third-order valence-electron chi connectivity index (χ3n) is 2.96. The van der Waals surface area contributed by atoms with Crippen molar-refractivity contribution in [2.24, 2.45) is 5.41 Å². The summed E-state index contributed by atoms with van der Waals surface area (Å²) in [6.45, 7) is 1.59. The lowest BCUT2D eigenvalue weighted by Crippen LogP contribution is -2.13. The van der Waals surface area contributed by atoms with Gasteiger partial charge in [-0.05, 0) is 30.9 Å². The summed E-state index contributed by atoms with van der Waals surface area (Å²) < 4.78 is 4.66. The number of methoxy groups -OCH3 is 1. The highest BCUT2D eigenvalue weighted by molar-refractivity contribution is 7.99. The Morgan fingerprint density at radius 3 is 2.59 bits per heavy atom. The maximum atomic E-state index is 11.2. The molecule has 0 bridgehead atoms. The molecule has 0 aromatic rings. The molecule has 5 heteroatoms. The largest absolute Gasteiger partial charge is 0.478 e. The number of carboxylic acid groups (broad SMARTS) is 1. The van der Waals surface area contributed by atoms with Gasteiger partial charge in [0.1, 0.15) is 0 Å². The Balaban J connectivity index is 2.25. The molecule has 0 heterocycles. The van der Waals surface area contributed by atoms with Gasteiger partial charge in [0, 0.05) is 11.3 Å². The van der Waals surface area contributed by atoms with E-state index in [2.05, 4.69) is 4.74 Å². The van der Waals surface area contributed by atoms with Crippen molar-refractivity contribution in [3.8, 4) is 0 Å². The number of carbonyl (C=O) groups is 2. The molecule has 0 aliphatic heterocycles. The van der Waals surface area contributed by atoms with Gasteiger partial charge in [-0.2, -0.15) is 11.8 Å². The predicted octanol–water partition coefficient (Wildman–Crippen LogP) is 2.09. The SMILES string of the molecule is COC(=O)CC1(CSC/C=C(/C)C(=O)O)CC1. The third-order valence-corrected chi connectivity index (χ3v) is 4.18. The molecule has 1 N–H and O–H groups in total. The summed E-state index contributed by atoms with van der Waals surface area (Å²) in [5.74, 6) is 0.550. The summed E-state index contributed by atoms with van der Waals surface area (Å²) in [4.78, 5) is 21.7. The zero-order valence-electron chi connectivity index (χ0n) is 10.2. The Hall–Kier alpha value is -0.970. The first-order chi connectivity index (χ1) is 7.99. The topological polar surface area (TPSA) is 63.6 Å². The van der Waals surface area contributed by atoms with E-state index in [1.807, 2.05) is 0 Å². The molecule has 0 aromatic carbocycles. The normalized spacial score (nSPS) is 17.6. The molecule has 17 heavy (non-hydrogen) atoms. The van der Waals surface area contributed by atoms with Gasteiger partial charge in [-0.15, -0.1) is 0 Å². The molecule has 1 aliphatic rings. The number of aliphatic carboxylic acids is 1. The van der Waals surface area contributed by atoms with Crippen LogP contribution >= 0.6 is 11.8 Å². The number of carbonyl (C=O) groups excluding carboxylic acids is 1. The van der Waals surface area contributed by atoms with E-state index in [9.17, 15) is 9.59 Å². The minimum atomic E-state index is -0.874. The summed E-state index contributed by atoms with van der Waals surface area (Å²) in [6.07, 6.45) is 4.33. The fourth-order valence-corrected chi connectivity index (χ4v) is 2.78. The lowest BCUT2D eigenvalue weighted by molar-refractivity contribution is -0.141. The van der Waals surface area contributed by atoms with E-state index in [1.54, 1.807) is 24.8 Å². The monoisotopic (exact) mass is 258 g/mol. The first kappa shape index (κ1) is 14.1. The minimum absolute atomic E-state index is 0.114. The van der Waals surface area contributed by atoms with Crippen molar-refractivity contribution in [1.29, 1.82) is 0 Å². The number of esters is 1. The second-order valence-corrected chi connectivity index (χ2v) is 5.49. The van der Waals surface area contributed by atoms with E-state index in [0.29, 0.717) is 17.7 Å². The molecule has 0 radical (unpaired) electrons. The van der Waals surface area contributed by atoms with Crippen molar-refractivity contribution in [3.63, 3.8) is 0 Å². The zero-order chi connectivity index (χ0) is 12.9. The van der Waals surface area contributed by atoms with E-state index in [1.165, 1.54) is 7.11 Å². The quantitative estimate of drug-likeness (QED) is 0.430. The van der Waals surface area contributed by atoms with Gasteiger partial charge in [0.05, 0.1) is 13.5 Å². The molecule has 0 saturated heterocycles. The highest BCUT2D eigenvalue weighted by atomic mass is 32.2. The molecule has 1 saturated carbocycles. The van der Waals surface area contributed by atoms with Crippen LogP contribution in [0.25, 0.3) is 0 Å². The number of ether oxygens (including phenoxy) is 1. The molecule has 0 amide bonds. The average Bonchev–Trinajstić information content (AvgIpc) is 3.04. The molecule has 0 spiro atoms. The van der Waals surface area contributed by atoms with E-state index in [-0.39, 0.29) is 11.4 Å². The first-order valence-corrected chi connectivity index (χ1v) is 6.69. The molecule has 4 nitrogen and oxygen atoms in total. The molecule has 1 fully saturated rings. The van der Waals surface area contributed by atoms with Crippen molar-refractivity contribution in [2.45, 2.75) is 26.2 Å². The van der Waals surface area contributed by atoms with Crippen LogP contribution in [0, 0.1) is 5.41 Å². The molecule has 1 rings (SSSR count). The molecule has 0 unspecified atom stereocenters. The Morgan fingerprint density at radius 1 is 1.47 bits per heavy atom. The Kier molecular flexibility index (Phi) is 5.05. The lowest BCUT2D eigenvalue weighted by atomic mass is 10.1. The van der Waals surface area contributed by atoms with Crippen LogP contribution in [-0.2, 0) is 14.3 Å². The summed E-state index contributed by atoms with van der Waals surface area (Å²) in [6, 6.07) is 0. The molecular weight excluding hydrogens is 240 g/mol. The van der Waals surface area contributed by atoms with Crippen molar-refractivity contribution in [1.82, 2.24) is 0 Å². The standard InChI is InChI=1S/C12H18O4S/c1-9(11(14)15)3-6-17-8-12(4-5-12)7-10(13)16-2/h3H,4-8H2,1-2H3,(H,14,15)/b9-3-. The second kappa shape index (κ2) is 6.10. The predicted molar refractivity (Wildman–Crippen MR) is 67.0 cm³/mol. The van der Waals surface area contributed by atoms with Gasteiger partial charge in [-0.3, -0.25) is 4.79 Å². The molecule has 96 valence electrons. The number of hydrogen-bond donors (Lipinski definition) is 1. The molecule has 0 atom stereocenters.